The molecule has 1 unspecified atom stereocenters. The van der Waals surface area contributed by atoms with Crippen molar-refractivity contribution in [3.05, 3.63) is 34.9 Å². The van der Waals surface area contributed by atoms with E-state index in [0.717, 1.165) is 12.0 Å². The summed E-state index contributed by atoms with van der Waals surface area (Å²) < 4.78 is 0. The highest BCUT2D eigenvalue weighted by atomic mass is 16.1. The topological polar surface area (TPSA) is 29.1 Å². The number of benzene rings is 1. The second-order valence-corrected chi connectivity index (χ2v) is 7.20. The maximum atomic E-state index is 12.2. The molecule has 1 N–H and O–H groups in total. The van der Waals surface area contributed by atoms with Gasteiger partial charge in [-0.05, 0) is 42.4 Å². The molecule has 0 saturated heterocycles. The fourth-order valence-electron chi connectivity index (χ4n) is 3.82. The molecule has 0 saturated carbocycles. The highest BCUT2D eigenvalue weighted by Gasteiger charge is 2.19. The summed E-state index contributed by atoms with van der Waals surface area (Å²) in [5.74, 6) is 0.654. The molecule has 0 heterocycles. The Morgan fingerprint density at radius 1 is 0.920 bits per heavy atom. The largest absolute Gasteiger partial charge is 0.355 e. The molecular formula is C23H39NO. The smallest absolute Gasteiger partial charge is 0.251 e. The Kier molecular flexibility index (Phi) is 11.3. The molecule has 1 amide bonds. The van der Waals surface area contributed by atoms with E-state index in [0.29, 0.717) is 5.92 Å². The third kappa shape index (κ3) is 7.22. The van der Waals surface area contributed by atoms with Crippen LogP contribution in [-0.4, -0.2) is 13.0 Å². The number of nitrogens with one attached hydrogen (secondary N) is 1. The van der Waals surface area contributed by atoms with Crippen molar-refractivity contribution < 1.29 is 4.79 Å². The van der Waals surface area contributed by atoms with Crippen LogP contribution >= 0.6 is 0 Å². The normalized spacial score (nSPS) is 12.2. The number of rotatable bonds is 13. The molecule has 1 rings (SSSR count). The first-order valence-electron chi connectivity index (χ1n) is 10.5. The van der Waals surface area contributed by atoms with Crippen LogP contribution in [0.2, 0.25) is 0 Å². The van der Waals surface area contributed by atoms with E-state index in [2.05, 4.69) is 38.2 Å². The van der Waals surface area contributed by atoms with Crippen LogP contribution in [0.3, 0.4) is 0 Å². The predicted octanol–water partition coefficient (Wildman–Crippen LogP) is 6.63. The summed E-state index contributed by atoms with van der Waals surface area (Å²) in [6, 6.07) is 6.32. The fourth-order valence-corrected chi connectivity index (χ4v) is 3.82. The summed E-state index contributed by atoms with van der Waals surface area (Å²) in [6.45, 7) is 6.71. The molecule has 0 aliphatic carbocycles. The molecule has 0 aliphatic heterocycles. The van der Waals surface area contributed by atoms with Crippen LogP contribution in [0.5, 0.6) is 0 Å². The van der Waals surface area contributed by atoms with Crippen molar-refractivity contribution in [1.82, 2.24) is 5.32 Å². The molecular weight excluding hydrogens is 306 g/mol. The maximum Gasteiger partial charge on any atom is 0.251 e. The van der Waals surface area contributed by atoms with Gasteiger partial charge in [-0.1, -0.05) is 84.3 Å². The number of unbranched alkanes of at least 4 members (excludes halogenated alkanes) is 6. The van der Waals surface area contributed by atoms with Gasteiger partial charge in [-0.25, -0.2) is 0 Å². The zero-order valence-electron chi connectivity index (χ0n) is 17.0. The van der Waals surface area contributed by atoms with Crippen molar-refractivity contribution in [2.45, 2.75) is 97.3 Å². The first-order chi connectivity index (χ1) is 12.2. The Morgan fingerprint density at radius 2 is 1.52 bits per heavy atom. The van der Waals surface area contributed by atoms with E-state index in [1.54, 1.807) is 7.05 Å². The van der Waals surface area contributed by atoms with Crippen LogP contribution in [0.1, 0.15) is 112 Å². The van der Waals surface area contributed by atoms with Gasteiger partial charge in [0.1, 0.15) is 0 Å². The molecule has 0 spiro atoms. The standard InChI is InChI=1S/C23H39NO/c1-5-8-10-11-13-16-19(15-12-9-6-2)21-17-14-18-22(20(21)7-3)23(25)24-4/h14,17-19H,5-13,15-16H2,1-4H3,(H,24,25). The molecule has 0 fully saturated rings. The number of carbonyl (C=O) groups is 1. The van der Waals surface area contributed by atoms with Gasteiger partial charge in [0, 0.05) is 12.6 Å². The van der Waals surface area contributed by atoms with E-state index in [1.165, 1.54) is 75.3 Å². The summed E-state index contributed by atoms with van der Waals surface area (Å²) in [7, 11) is 1.72. The van der Waals surface area contributed by atoms with Gasteiger partial charge in [-0.2, -0.15) is 0 Å². The fraction of sp³-hybridized carbons (Fsp3) is 0.696. The van der Waals surface area contributed by atoms with Crippen molar-refractivity contribution in [3.8, 4) is 0 Å². The quantitative estimate of drug-likeness (QED) is 0.399. The number of amides is 1. The summed E-state index contributed by atoms with van der Waals surface area (Å²) in [6.07, 6.45) is 14.0. The molecule has 0 radical (unpaired) electrons. The Hall–Kier alpha value is -1.31. The van der Waals surface area contributed by atoms with Gasteiger partial charge in [0.15, 0.2) is 0 Å². The van der Waals surface area contributed by atoms with Crippen LogP contribution in [0.25, 0.3) is 0 Å². The van der Waals surface area contributed by atoms with Crippen molar-refractivity contribution in [3.63, 3.8) is 0 Å². The Morgan fingerprint density at radius 3 is 2.12 bits per heavy atom. The Bertz CT molecular complexity index is 495. The van der Waals surface area contributed by atoms with Gasteiger partial charge in [0.05, 0.1) is 0 Å². The van der Waals surface area contributed by atoms with Crippen molar-refractivity contribution in [2.75, 3.05) is 7.05 Å². The average molecular weight is 346 g/mol. The second kappa shape index (κ2) is 13.0. The predicted molar refractivity (Wildman–Crippen MR) is 109 cm³/mol. The maximum absolute atomic E-state index is 12.2. The molecule has 142 valence electrons. The minimum absolute atomic E-state index is 0.0500. The van der Waals surface area contributed by atoms with E-state index in [9.17, 15) is 4.79 Å². The van der Waals surface area contributed by atoms with Gasteiger partial charge < -0.3 is 5.32 Å². The molecule has 2 nitrogen and oxygen atoms in total. The molecule has 0 aromatic heterocycles. The summed E-state index contributed by atoms with van der Waals surface area (Å²) >= 11 is 0. The minimum atomic E-state index is 0.0500. The number of hydrogen-bond donors (Lipinski definition) is 1. The van der Waals surface area contributed by atoms with Gasteiger partial charge in [-0.15, -0.1) is 0 Å². The lowest BCUT2D eigenvalue weighted by Gasteiger charge is -2.22. The van der Waals surface area contributed by atoms with E-state index in [4.69, 9.17) is 0 Å². The minimum Gasteiger partial charge on any atom is -0.355 e. The highest BCUT2D eigenvalue weighted by Crippen LogP contribution is 2.32. The summed E-state index contributed by atoms with van der Waals surface area (Å²) in [5, 5.41) is 2.80. The third-order valence-electron chi connectivity index (χ3n) is 5.29. The highest BCUT2D eigenvalue weighted by molar-refractivity contribution is 5.95. The van der Waals surface area contributed by atoms with Crippen molar-refractivity contribution >= 4 is 5.91 Å². The van der Waals surface area contributed by atoms with Crippen molar-refractivity contribution in [2.24, 2.45) is 0 Å². The summed E-state index contributed by atoms with van der Waals surface area (Å²) in [4.78, 5) is 12.2. The van der Waals surface area contributed by atoms with E-state index in [-0.39, 0.29) is 5.91 Å². The summed E-state index contributed by atoms with van der Waals surface area (Å²) in [5.41, 5.74) is 3.56. The lowest BCUT2D eigenvalue weighted by molar-refractivity contribution is 0.0962. The first kappa shape index (κ1) is 21.7. The lowest BCUT2D eigenvalue weighted by Crippen LogP contribution is -2.20. The Labute approximate surface area is 155 Å². The molecule has 2 heteroatoms. The SMILES string of the molecule is CCCCCCCC(CCCCC)c1cccc(C(=O)NC)c1CC. The van der Waals surface area contributed by atoms with Crippen LogP contribution in [-0.2, 0) is 6.42 Å². The molecule has 0 bridgehead atoms. The number of carbonyl (C=O) groups excluding carboxylic acids is 1. The Balaban J connectivity index is 2.92. The van der Waals surface area contributed by atoms with Crippen LogP contribution in [0, 0.1) is 0 Å². The third-order valence-corrected chi connectivity index (χ3v) is 5.29. The molecule has 0 aliphatic rings. The number of hydrogen-bond acceptors (Lipinski definition) is 1. The first-order valence-corrected chi connectivity index (χ1v) is 10.5. The van der Waals surface area contributed by atoms with E-state index < -0.39 is 0 Å². The van der Waals surface area contributed by atoms with Crippen LogP contribution in [0.4, 0.5) is 0 Å². The average Bonchev–Trinajstić information content (AvgIpc) is 2.65. The zero-order valence-corrected chi connectivity index (χ0v) is 17.0. The van der Waals surface area contributed by atoms with E-state index in [1.807, 2.05) is 6.07 Å². The van der Waals surface area contributed by atoms with Crippen LogP contribution < -0.4 is 5.32 Å². The molecule has 25 heavy (non-hydrogen) atoms. The van der Waals surface area contributed by atoms with Crippen LogP contribution in [0.15, 0.2) is 18.2 Å². The van der Waals surface area contributed by atoms with Gasteiger partial charge in [0.25, 0.3) is 5.91 Å². The molecule has 1 atom stereocenters. The van der Waals surface area contributed by atoms with Crippen molar-refractivity contribution in [1.29, 1.82) is 0 Å². The molecule has 1 aromatic rings. The van der Waals surface area contributed by atoms with Gasteiger partial charge >= 0.3 is 0 Å². The van der Waals surface area contributed by atoms with E-state index >= 15 is 0 Å². The second-order valence-electron chi connectivity index (χ2n) is 7.20. The lowest BCUT2D eigenvalue weighted by atomic mass is 9.83. The zero-order chi connectivity index (χ0) is 18.5. The van der Waals surface area contributed by atoms with Gasteiger partial charge in [0.2, 0.25) is 0 Å². The monoisotopic (exact) mass is 345 g/mol. The van der Waals surface area contributed by atoms with Gasteiger partial charge in [-0.3, -0.25) is 4.79 Å². The molecule has 1 aromatic carbocycles.